The maximum absolute atomic E-state index is 12.5. The molecule has 2 aromatic heterocycles. The van der Waals surface area contributed by atoms with Crippen LogP contribution in [0.1, 0.15) is 22.8 Å². The third kappa shape index (κ3) is 3.98. The largest absolute Gasteiger partial charge is 0.506 e. The number of fused-ring (bicyclic) bond motifs is 1. The number of rotatable bonds is 3. The Bertz CT molecular complexity index is 1070. The molecule has 0 atom stereocenters. The Morgan fingerprint density at radius 1 is 1.29 bits per heavy atom. The van der Waals surface area contributed by atoms with Gasteiger partial charge < -0.3 is 15.5 Å². The van der Waals surface area contributed by atoms with Crippen LogP contribution < -0.4 is 10.9 Å². The van der Waals surface area contributed by atoms with E-state index >= 15 is 0 Å². The van der Waals surface area contributed by atoms with Crippen molar-refractivity contribution in [2.24, 2.45) is 7.05 Å². The van der Waals surface area contributed by atoms with Crippen molar-refractivity contribution in [3.05, 3.63) is 51.9 Å². The van der Waals surface area contributed by atoms with E-state index < -0.39 is 17.2 Å². The zero-order chi connectivity index (χ0) is 20.8. The number of aromatic nitrogens is 3. The third-order valence-corrected chi connectivity index (χ3v) is 3.97. The predicted molar refractivity (Wildman–Crippen MR) is 103 cm³/mol. The van der Waals surface area contributed by atoms with E-state index in [-0.39, 0.29) is 23.1 Å². The lowest BCUT2D eigenvalue weighted by Gasteiger charge is -2.11. The fraction of sp³-hybridized carbons (Fsp3) is 0.211. The van der Waals surface area contributed by atoms with Gasteiger partial charge in [0.15, 0.2) is 5.82 Å². The Morgan fingerprint density at radius 2 is 1.89 bits per heavy atom. The number of benzene rings is 1. The fourth-order valence-corrected chi connectivity index (χ4v) is 2.59. The average molecular weight is 384 g/mol. The van der Waals surface area contributed by atoms with Gasteiger partial charge in [-0.25, -0.2) is 9.97 Å². The fourth-order valence-electron chi connectivity index (χ4n) is 2.59. The number of nitrogens with zero attached hydrogens (tertiary/aromatic N) is 3. The summed E-state index contributed by atoms with van der Waals surface area (Å²) in [6, 6.07) is 7.66. The summed E-state index contributed by atoms with van der Waals surface area (Å²) in [5, 5.41) is 20.1. The summed E-state index contributed by atoms with van der Waals surface area (Å²) in [6.45, 7) is 3.81. The summed E-state index contributed by atoms with van der Waals surface area (Å²) in [5.74, 6) is -0.586. The third-order valence-electron chi connectivity index (χ3n) is 3.97. The predicted octanol–water partition coefficient (Wildman–Crippen LogP) is 1.46. The van der Waals surface area contributed by atoms with Gasteiger partial charge >= 0.3 is 0 Å². The van der Waals surface area contributed by atoms with Gasteiger partial charge in [-0.2, -0.15) is 0 Å². The van der Waals surface area contributed by atoms with Gasteiger partial charge in [0.05, 0.1) is 5.39 Å². The van der Waals surface area contributed by atoms with Gasteiger partial charge in [0, 0.05) is 25.4 Å². The van der Waals surface area contributed by atoms with Crippen LogP contribution in [0.25, 0.3) is 22.4 Å². The normalized spacial score (nSPS) is 10.1. The second kappa shape index (κ2) is 8.76. The number of hydrogen-bond donors (Lipinski definition) is 3. The molecule has 9 nitrogen and oxygen atoms in total. The first-order chi connectivity index (χ1) is 13.3. The highest BCUT2D eigenvalue weighted by Gasteiger charge is 2.22. The van der Waals surface area contributed by atoms with E-state index in [4.69, 9.17) is 9.90 Å². The molecule has 3 aromatic rings. The minimum Gasteiger partial charge on any atom is -0.506 e. The molecular formula is C19H20N4O5. The molecule has 146 valence electrons. The zero-order valence-electron chi connectivity index (χ0n) is 15.6. The quantitative estimate of drug-likeness (QED) is 0.582. The average Bonchev–Trinajstić information content (AvgIpc) is 2.67. The number of pyridine rings is 1. The molecule has 0 aliphatic heterocycles. The van der Waals surface area contributed by atoms with Crippen LogP contribution in [0.3, 0.4) is 0 Å². The van der Waals surface area contributed by atoms with Crippen LogP contribution in [0.15, 0.2) is 35.3 Å². The molecule has 0 saturated heterocycles. The van der Waals surface area contributed by atoms with Crippen LogP contribution in [0, 0.1) is 6.92 Å². The molecule has 0 saturated carbocycles. The topological polar surface area (TPSA) is 134 Å². The van der Waals surface area contributed by atoms with Crippen LogP contribution in [-0.2, 0) is 11.8 Å². The summed E-state index contributed by atoms with van der Waals surface area (Å²) in [7, 11) is 1.51. The smallest absolute Gasteiger partial charge is 0.290 e. The van der Waals surface area contributed by atoms with Gasteiger partial charge in [0.25, 0.3) is 17.9 Å². The molecule has 3 rings (SSSR count). The number of carboxylic acid groups (broad SMARTS) is 1. The number of aryl methyl sites for hydroxylation is 2. The van der Waals surface area contributed by atoms with Crippen LogP contribution >= 0.6 is 0 Å². The molecule has 1 amide bonds. The van der Waals surface area contributed by atoms with E-state index in [2.05, 4.69) is 15.3 Å². The molecule has 0 spiro atoms. The lowest BCUT2D eigenvalue weighted by Crippen LogP contribution is -2.32. The number of hydrogen-bond acceptors (Lipinski definition) is 6. The van der Waals surface area contributed by atoms with E-state index in [1.54, 1.807) is 6.92 Å². The second-order valence-electron chi connectivity index (χ2n) is 5.85. The summed E-state index contributed by atoms with van der Waals surface area (Å²) >= 11 is 0. The van der Waals surface area contributed by atoms with Gasteiger partial charge in [-0.15, -0.1) is 0 Å². The number of aromatic hydroxyl groups is 1. The molecule has 0 aliphatic carbocycles. The molecule has 9 heteroatoms. The molecule has 28 heavy (non-hydrogen) atoms. The maximum atomic E-state index is 12.5. The number of amides is 1. The standard InChI is InChI=1S/C18H18N4O3.CH2O2/c1-4-19-17(24)13-14(23)12-9-20-15(11-7-5-10(2)6-8-11)21-16(12)22(3)18(13)25;2-1-3/h5-9,23H,4H2,1-3H3,(H,19,24);1H,(H,2,3). The van der Waals surface area contributed by atoms with Crippen molar-refractivity contribution in [3.8, 4) is 17.1 Å². The highest BCUT2D eigenvalue weighted by molar-refractivity contribution is 6.01. The van der Waals surface area contributed by atoms with Gasteiger partial charge in [-0.3, -0.25) is 19.0 Å². The maximum Gasteiger partial charge on any atom is 0.290 e. The first-order valence-corrected chi connectivity index (χ1v) is 8.37. The van der Waals surface area contributed by atoms with E-state index in [0.717, 1.165) is 11.1 Å². The van der Waals surface area contributed by atoms with E-state index in [1.807, 2.05) is 31.2 Å². The molecule has 3 N–H and O–H groups in total. The monoisotopic (exact) mass is 384 g/mol. The highest BCUT2D eigenvalue weighted by atomic mass is 16.3. The van der Waals surface area contributed by atoms with Crippen molar-refractivity contribution in [3.63, 3.8) is 0 Å². The minimum atomic E-state index is -0.620. The first kappa shape index (κ1) is 20.6. The molecule has 2 heterocycles. The molecule has 1 aromatic carbocycles. The van der Waals surface area contributed by atoms with E-state index in [0.29, 0.717) is 12.4 Å². The highest BCUT2D eigenvalue weighted by Crippen LogP contribution is 2.26. The lowest BCUT2D eigenvalue weighted by atomic mass is 10.1. The Labute approximate surface area is 160 Å². The minimum absolute atomic E-state index is 0.249. The lowest BCUT2D eigenvalue weighted by molar-refractivity contribution is -0.122. The van der Waals surface area contributed by atoms with Crippen molar-refractivity contribution in [1.29, 1.82) is 0 Å². The molecule has 0 aliphatic rings. The molecular weight excluding hydrogens is 364 g/mol. The van der Waals surface area contributed by atoms with Crippen molar-refractivity contribution in [2.45, 2.75) is 13.8 Å². The first-order valence-electron chi connectivity index (χ1n) is 8.37. The molecule has 0 unspecified atom stereocenters. The molecule has 0 radical (unpaired) electrons. The van der Waals surface area contributed by atoms with Crippen molar-refractivity contribution in [1.82, 2.24) is 19.9 Å². The Hall–Kier alpha value is -3.75. The SMILES string of the molecule is CCNC(=O)c1c(O)c2cnc(-c3ccc(C)cc3)nc2n(C)c1=O.O=CO. The summed E-state index contributed by atoms with van der Waals surface area (Å²) < 4.78 is 1.25. The Morgan fingerprint density at radius 3 is 2.46 bits per heavy atom. The van der Waals surface area contributed by atoms with Crippen LogP contribution in [0.4, 0.5) is 0 Å². The summed E-state index contributed by atoms with van der Waals surface area (Å²) in [4.78, 5) is 41.6. The van der Waals surface area contributed by atoms with Crippen molar-refractivity contribution < 1.29 is 19.8 Å². The zero-order valence-corrected chi connectivity index (χ0v) is 15.6. The number of carbonyl (C=O) groups is 2. The molecule has 0 bridgehead atoms. The van der Waals surface area contributed by atoms with Crippen LogP contribution in [-0.4, -0.2) is 43.7 Å². The van der Waals surface area contributed by atoms with E-state index in [1.165, 1.54) is 17.8 Å². The number of nitrogens with one attached hydrogen (secondary N) is 1. The van der Waals surface area contributed by atoms with Gasteiger partial charge in [0.2, 0.25) is 0 Å². The second-order valence-corrected chi connectivity index (χ2v) is 5.85. The molecule has 0 fully saturated rings. The summed E-state index contributed by atoms with van der Waals surface area (Å²) in [5.41, 5.74) is 1.27. The van der Waals surface area contributed by atoms with Crippen molar-refractivity contribution >= 4 is 23.4 Å². The number of carbonyl (C=O) groups excluding carboxylic acids is 1. The van der Waals surface area contributed by atoms with Gasteiger partial charge in [0.1, 0.15) is 17.0 Å². The van der Waals surface area contributed by atoms with Gasteiger partial charge in [-0.1, -0.05) is 29.8 Å². The van der Waals surface area contributed by atoms with Crippen LogP contribution in [0.5, 0.6) is 5.75 Å². The van der Waals surface area contributed by atoms with Crippen molar-refractivity contribution in [2.75, 3.05) is 6.54 Å². The summed E-state index contributed by atoms with van der Waals surface area (Å²) in [6.07, 6.45) is 1.43. The van der Waals surface area contributed by atoms with Crippen LogP contribution in [0.2, 0.25) is 0 Å². The Balaban J connectivity index is 0.000000878. The van der Waals surface area contributed by atoms with E-state index in [9.17, 15) is 14.7 Å². The van der Waals surface area contributed by atoms with Gasteiger partial charge in [-0.05, 0) is 13.8 Å². The Kier molecular flexibility index (Phi) is 6.43.